The van der Waals surface area contributed by atoms with Crippen LogP contribution in [0.5, 0.6) is 0 Å². The Morgan fingerprint density at radius 3 is 2.83 bits per heavy atom. The van der Waals surface area contributed by atoms with E-state index in [0.29, 0.717) is 18.7 Å². The number of likely N-dealkylation sites (N-methyl/N-ethyl adjacent to an activating group) is 1. The van der Waals surface area contributed by atoms with Gasteiger partial charge in [-0.1, -0.05) is 0 Å². The molecule has 96 valence electrons. The van der Waals surface area contributed by atoms with Crippen molar-refractivity contribution in [2.75, 3.05) is 18.9 Å². The van der Waals surface area contributed by atoms with Crippen LogP contribution in [0.3, 0.4) is 0 Å². The van der Waals surface area contributed by atoms with Crippen LogP contribution >= 0.6 is 0 Å². The molecule has 0 spiro atoms. The molecule has 2 rings (SSSR count). The SMILES string of the molecule is Cc1ccc([N+](=O)[O-])c(NC2CCN(C)C2=O)n1. The molecule has 1 aliphatic heterocycles. The number of hydrogen-bond acceptors (Lipinski definition) is 5. The van der Waals surface area contributed by atoms with Crippen LogP contribution in [0.1, 0.15) is 12.1 Å². The molecule has 1 aromatic rings. The number of carbonyl (C=O) groups excluding carboxylic acids is 1. The minimum absolute atomic E-state index is 0.0624. The molecule has 0 radical (unpaired) electrons. The van der Waals surface area contributed by atoms with Crippen molar-refractivity contribution in [3.05, 3.63) is 27.9 Å². The van der Waals surface area contributed by atoms with Gasteiger partial charge in [0.1, 0.15) is 6.04 Å². The standard InChI is InChI=1S/C11H14N4O3/c1-7-3-4-9(15(17)18)10(12-7)13-8-5-6-14(2)11(8)16/h3-4,8H,5-6H2,1-2H3,(H,12,13). The number of nitrogens with zero attached hydrogens (tertiary/aromatic N) is 3. The Balaban J connectivity index is 2.25. The molecule has 1 amide bonds. The fourth-order valence-corrected chi connectivity index (χ4v) is 1.92. The number of rotatable bonds is 3. The normalized spacial score (nSPS) is 19.1. The van der Waals surface area contributed by atoms with Crippen LogP contribution in [0, 0.1) is 17.0 Å². The molecule has 1 N–H and O–H groups in total. The van der Waals surface area contributed by atoms with E-state index in [1.54, 1.807) is 24.9 Å². The van der Waals surface area contributed by atoms with Crippen LogP contribution in [-0.4, -0.2) is 40.3 Å². The highest BCUT2D eigenvalue weighted by Gasteiger charge is 2.31. The molecular formula is C11H14N4O3. The molecule has 1 aromatic heterocycles. The highest BCUT2D eigenvalue weighted by molar-refractivity contribution is 5.86. The van der Waals surface area contributed by atoms with E-state index in [0.717, 1.165) is 0 Å². The third-order valence-electron chi connectivity index (χ3n) is 2.95. The largest absolute Gasteiger partial charge is 0.353 e. The monoisotopic (exact) mass is 250 g/mol. The zero-order chi connectivity index (χ0) is 13.3. The second-order valence-electron chi connectivity index (χ2n) is 4.32. The molecule has 1 aliphatic rings. The predicted molar refractivity (Wildman–Crippen MR) is 65.3 cm³/mol. The van der Waals surface area contributed by atoms with Crippen LogP contribution in [0.15, 0.2) is 12.1 Å². The summed E-state index contributed by atoms with van der Waals surface area (Å²) in [5, 5.41) is 13.8. The van der Waals surface area contributed by atoms with Crippen LogP contribution < -0.4 is 5.32 Å². The number of amides is 1. The van der Waals surface area contributed by atoms with E-state index in [9.17, 15) is 14.9 Å². The van der Waals surface area contributed by atoms with Gasteiger partial charge in [-0.3, -0.25) is 14.9 Å². The van der Waals surface area contributed by atoms with Gasteiger partial charge in [-0.2, -0.15) is 0 Å². The summed E-state index contributed by atoms with van der Waals surface area (Å²) in [6.45, 7) is 2.40. The van der Waals surface area contributed by atoms with Crippen molar-refractivity contribution in [1.82, 2.24) is 9.88 Å². The zero-order valence-corrected chi connectivity index (χ0v) is 10.2. The van der Waals surface area contributed by atoms with Crippen LogP contribution in [0.4, 0.5) is 11.5 Å². The lowest BCUT2D eigenvalue weighted by molar-refractivity contribution is -0.384. The van der Waals surface area contributed by atoms with E-state index in [1.807, 2.05) is 0 Å². The number of hydrogen-bond donors (Lipinski definition) is 1. The maximum absolute atomic E-state index is 11.7. The van der Waals surface area contributed by atoms with Gasteiger partial charge in [0, 0.05) is 25.4 Å². The van der Waals surface area contributed by atoms with Crippen LogP contribution in [-0.2, 0) is 4.79 Å². The molecule has 0 aliphatic carbocycles. The summed E-state index contributed by atoms with van der Waals surface area (Å²) in [7, 11) is 1.71. The Kier molecular flexibility index (Phi) is 3.14. The number of carbonyl (C=O) groups is 1. The molecule has 0 saturated carbocycles. The number of likely N-dealkylation sites (tertiary alicyclic amines) is 1. The van der Waals surface area contributed by atoms with Crippen molar-refractivity contribution < 1.29 is 9.72 Å². The van der Waals surface area contributed by atoms with Crippen molar-refractivity contribution in [3.63, 3.8) is 0 Å². The summed E-state index contributed by atoms with van der Waals surface area (Å²) in [5.41, 5.74) is 0.560. The lowest BCUT2D eigenvalue weighted by atomic mass is 10.2. The predicted octanol–water partition coefficient (Wildman–Crippen LogP) is 0.941. The van der Waals surface area contributed by atoms with Gasteiger partial charge >= 0.3 is 5.69 Å². The molecule has 18 heavy (non-hydrogen) atoms. The van der Waals surface area contributed by atoms with E-state index < -0.39 is 11.0 Å². The van der Waals surface area contributed by atoms with Gasteiger partial charge in [-0.05, 0) is 19.4 Å². The van der Waals surface area contributed by atoms with Crippen molar-refractivity contribution in [3.8, 4) is 0 Å². The number of nitro groups is 1. The smallest absolute Gasteiger partial charge is 0.311 e. The molecule has 7 heteroatoms. The highest BCUT2D eigenvalue weighted by Crippen LogP contribution is 2.24. The van der Waals surface area contributed by atoms with Crippen molar-refractivity contribution >= 4 is 17.4 Å². The fraction of sp³-hybridized carbons (Fsp3) is 0.455. The highest BCUT2D eigenvalue weighted by atomic mass is 16.6. The summed E-state index contributed by atoms with van der Waals surface area (Å²) < 4.78 is 0. The van der Waals surface area contributed by atoms with Crippen LogP contribution in [0.25, 0.3) is 0 Å². The van der Waals surface area contributed by atoms with Gasteiger partial charge in [0.25, 0.3) is 0 Å². The van der Waals surface area contributed by atoms with E-state index in [4.69, 9.17) is 0 Å². The van der Waals surface area contributed by atoms with Gasteiger partial charge < -0.3 is 10.2 Å². The molecule has 1 fully saturated rings. The summed E-state index contributed by atoms with van der Waals surface area (Å²) in [6.07, 6.45) is 0.627. The minimum Gasteiger partial charge on any atom is -0.353 e. The summed E-state index contributed by atoms with van der Waals surface area (Å²) in [5.74, 6) is 0.0984. The summed E-state index contributed by atoms with van der Waals surface area (Å²) in [6, 6.07) is 2.54. The average Bonchev–Trinajstić information content (AvgIpc) is 2.61. The van der Waals surface area contributed by atoms with Gasteiger partial charge in [0.05, 0.1) is 4.92 Å². The van der Waals surface area contributed by atoms with E-state index >= 15 is 0 Å². The maximum atomic E-state index is 11.7. The lowest BCUT2D eigenvalue weighted by Gasteiger charge is -2.13. The van der Waals surface area contributed by atoms with Crippen molar-refractivity contribution in [1.29, 1.82) is 0 Å². The number of pyridine rings is 1. The van der Waals surface area contributed by atoms with E-state index in [2.05, 4.69) is 10.3 Å². The fourth-order valence-electron chi connectivity index (χ4n) is 1.92. The average molecular weight is 250 g/mol. The minimum atomic E-state index is -0.502. The molecule has 0 aromatic carbocycles. The third-order valence-corrected chi connectivity index (χ3v) is 2.95. The first-order valence-electron chi connectivity index (χ1n) is 5.62. The molecule has 1 unspecified atom stereocenters. The molecule has 1 atom stereocenters. The van der Waals surface area contributed by atoms with Crippen LogP contribution in [0.2, 0.25) is 0 Å². The third kappa shape index (κ3) is 2.24. The molecule has 1 saturated heterocycles. The number of aryl methyl sites for hydroxylation is 1. The van der Waals surface area contributed by atoms with E-state index in [-0.39, 0.29) is 17.4 Å². The second kappa shape index (κ2) is 4.59. The number of anilines is 1. The Hall–Kier alpha value is -2.18. The lowest BCUT2D eigenvalue weighted by Crippen LogP contribution is -2.31. The summed E-state index contributed by atoms with van der Waals surface area (Å²) in [4.78, 5) is 27.8. The van der Waals surface area contributed by atoms with Gasteiger partial charge in [-0.25, -0.2) is 4.98 Å². The van der Waals surface area contributed by atoms with Gasteiger partial charge in [-0.15, -0.1) is 0 Å². The molecular weight excluding hydrogens is 236 g/mol. The zero-order valence-electron chi connectivity index (χ0n) is 10.2. The first-order chi connectivity index (χ1) is 8.49. The molecule has 0 bridgehead atoms. The number of nitrogens with one attached hydrogen (secondary N) is 1. The quantitative estimate of drug-likeness (QED) is 0.637. The molecule has 2 heterocycles. The topological polar surface area (TPSA) is 88.4 Å². The van der Waals surface area contributed by atoms with Gasteiger partial charge in [0.2, 0.25) is 11.7 Å². The second-order valence-corrected chi connectivity index (χ2v) is 4.32. The Bertz CT molecular complexity index is 503. The Labute approximate surface area is 104 Å². The first-order valence-corrected chi connectivity index (χ1v) is 5.62. The summed E-state index contributed by atoms with van der Waals surface area (Å²) >= 11 is 0. The van der Waals surface area contributed by atoms with Gasteiger partial charge in [0.15, 0.2) is 0 Å². The van der Waals surface area contributed by atoms with Crippen molar-refractivity contribution in [2.24, 2.45) is 0 Å². The number of aromatic nitrogens is 1. The van der Waals surface area contributed by atoms with E-state index in [1.165, 1.54) is 6.07 Å². The Morgan fingerprint density at radius 1 is 1.56 bits per heavy atom. The first kappa shape index (κ1) is 12.3. The van der Waals surface area contributed by atoms with Crippen molar-refractivity contribution in [2.45, 2.75) is 19.4 Å². The Morgan fingerprint density at radius 2 is 2.28 bits per heavy atom. The molecule has 7 nitrogen and oxygen atoms in total. The maximum Gasteiger partial charge on any atom is 0.311 e.